The second kappa shape index (κ2) is 6.90. The molecule has 1 N–H and O–H groups in total. The van der Waals surface area contributed by atoms with Crippen molar-refractivity contribution >= 4 is 17.2 Å². The van der Waals surface area contributed by atoms with E-state index in [9.17, 15) is 4.79 Å². The van der Waals surface area contributed by atoms with Gasteiger partial charge in [-0.1, -0.05) is 0 Å². The maximum absolute atomic E-state index is 11.7. The van der Waals surface area contributed by atoms with Crippen LogP contribution in [-0.4, -0.2) is 36.5 Å². The van der Waals surface area contributed by atoms with E-state index in [1.54, 1.807) is 11.3 Å². The number of nitrogens with one attached hydrogen (secondary N) is 1. The van der Waals surface area contributed by atoms with Gasteiger partial charge in [0.05, 0.1) is 0 Å². The highest BCUT2D eigenvalue weighted by Gasteiger charge is 2.18. The smallest absolute Gasteiger partial charge is 0.220 e. The van der Waals surface area contributed by atoms with Crippen molar-refractivity contribution in [2.24, 2.45) is 0 Å². The van der Waals surface area contributed by atoms with E-state index in [2.05, 4.69) is 34.0 Å². The minimum Gasteiger partial charge on any atom is -0.355 e. The molecule has 3 nitrogen and oxygen atoms in total. The van der Waals surface area contributed by atoms with E-state index in [1.807, 2.05) is 0 Å². The number of amides is 1. The number of hydrogen-bond acceptors (Lipinski definition) is 3. The molecular formula is C14H22N2OS. The van der Waals surface area contributed by atoms with Gasteiger partial charge >= 0.3 is 0 Å². The first-order valence-electron chi connectivity index (χ1n) is 6.77. The number of thiophene rings is 1. The van der Waals surface area contributed by atoms with Crippen LogP contribution in [0.25, 0.3) is 0 Å². The average molecular weight is 266 g/mol. The van der Waals surface area contributed by atoms with E-state index in [4.69, 9.17) is 0 Å². The molecule has 1 aliphatic rings. The van der Waals surface area contributed by atoms with Crippen LogP contribution in [0.3, 0.4) is 0 Å². The summed E-state index contributed by atoms with van der Waals surface area (Å²) in [6.45, 7) is 5.35. The van der Waals surface area contributed by atoms with Crippen molar-refractivity contribution in [3.63, 3.8) is 0 Å². The van der Waals surface area contributed by atoms with Crippen molar-refractivity contribution in [3.05, 3.63) is 22.4 Å². The Morgan fingerprint density at radius 1 is 1.50 bits per heavy atom. The highest BCUT2D eigenvalue weighted by Crippen LogP contribution is 2.11. The van der Waals surface area contributed by atoms with Gasteiger partial charge in [0, 0.05) is 19.0 Å². The van der Waals surface area contributed by atoms with E-state index in [-0.39, 0.29) is 5.91 Å². The van der Waals surface area contributed by atoms with E-state index in [0.717, 1.165) is 13.0 Å². The molecule has 0 radical (unpaired) electrons. The Bertz CT molecular complexity index is 358. The van der Waals surface area contributed by atoms with Crippen molar-refractivity contribution in [1.82, 2.24) is 10.2 Å². The molecule has 1 atom stereocenters. The van der Waals surface area contributed by atoms with E-state index < -0.39 is 0 Å². The highest BCUT2D eigenvalue weighted by atomic mass is 32.1. The summed E-state index contributed by atoms with van der Waals surface area (Å²) in [6.07, 6.45) is 4.06. The van der Waals surface area contributed by atoms with E-state index in [1.165, 1.54) is 31.5 Å². The molecule has 4 heteroatoms. The zero-order valence-electron chi connectivity index (χ0n) is 11.0. The fourth-order valence-electron chi connectivity index (χ4n) is 2.35. The van der Waals surface area contributed by atoms with Crippen LogP contribution in [0.5, 0.6) is 0 Å². The lowest BCUT2D eigenvalue weighted by atomic mass is 10.2. The van der Waals surface area contributed by atoms with Gasteiger partial charge in [0.25, 0.3) is 0 Å². The molecular weight excluding hydrogens is 244 g/mol. The fraction of sp³-hybridized carbons (Fsp3) is 0.643. The number of carbonyl (C=O) groups is 1. The second-order valence-corrected chi connectivity index (χ2v) is 5.81. The molecule has 100 valence electrons. The Balaban J connectivity index is 1.62. The number of rotatable bonds is 6. The summed E-state index contributed by atoms with van der Waals surface area (Å²) in [6, 6.07) is 2.56. The van der Waals surface area contributed by atoms with Crippen LogP contribution >= 0.6 is 11.3 Å². The maximum Gasteiger partial charge on any atom is 0.220 e. The third-order valence-corrected chi connectivity index (χ3v) is 4.31. The van der Waals surface area contributed by atoms with Gasteiger partial charge in [-0.2, -0.15) is 11.3 Å². The standard InChI is InChI=1S/C14H22N2OS/c1-12(16-7-2-3-8-16)10-15-14(17)5-4-13-6-9-18-11-13/h6,9,11-12H,2-5,7-8,10H2,1H3,(H,15,17). The Hall–Kier alpha value is -0.870. The monoisotopic (exact) mass is 266 g/mol. The molecule has 1 fully saturated rings. The molecule has 0 saturated carbocycles. The second-order valence-electron chi connectivity index (χ2n) is 5.03. The van der Waals surface area contributed by atoms with Gasteiger partial charge < -0.3 is 5.32 Å². The molecule has 0 bridgehead atoms. The fourth-order valence-corrected chi connectivity index (χ4v) is 3.06. The van der Waals surface area contributed by atoms with E-state index in [0.29, 0.717) is 12.5 Å². The van der Waals surface area contributed by atoms with Crippen LogP contribution in [0, 0.1) is 0 Å². The van der Waals surface area contributed by atoms with Gasteiger partial charge in [0.15, 0.2) is 0 Å². The third kappa shape index (κ3) is 4.10. The van der Waals surface area contributed by atoms with Crippen LogP contribution in [0.15, 0.2) is 16.8 Å². The molecule has 0 spiro atoms. The summed E-state index contributed by atoms with van der Waals surface area (Å²) >= 11 is 1.69. The maximum atomic E-state index is 11.7. The Morgan fingerprint density at radius 3 is 2.94 bits per heavy atom. The Morgan fingerprint density at radius 2 is 2.28 bits per heavy atom. The highest BCUT2D eigenvalue weighted by molar-refractivity contribution is 7.07. The summed E-state index contributed by atoms with van der Waals surface area (Å²) in [5.74, 6) is 0.173. The lowest BCUT2D eigenvalue weighted by Gasteiger charge is -2.23. The number of likely N-dealkylation sites (tertiary alicyclic amines) is 1. The van der Waals surface area contributed by atoms with Crippen molar-refractivity contribution in [1.29, 1.82) is 0 Å². The predicted molar refractivity (Wildman–Crippen MR) is 75.9 cm³/mol. The molecule has 0 aliphatic carbocycles. The summed E-state index contributed by atoms with van der Waals surface area (Å²) in [7, 11) is 0. The molecule has 2 rings (SSSR count). The third-order valence-electron chi connectivity index (χ3n) is 3.58. The van der Waals surface area contributed by atoms with Crippen LogP contribution in [0.2, 0.25) is 0 Å². The van der Waals surface area contributed by atoms with Crippen LogP contribution in [0.4, 0.5) is 0 Å². The van der Waals surface area contributed by atoms with Gasteiger partial charge in [-0.05, 0) is 61.7 Å². The Labute approximate surface area is 113 Å². The molecule has 1 aliphatic heterocycles. The molecule has 1 aromatic rings. The summed E-state index contributed by atoms with van der Waals surface area (Å²) in [5, 5.41) is 7.21. The van der Waals surface area contributed by atoms with Crippen LogP contribution in [-0.2, 0) is 11.2 Å². The molecule has 1 amide bonds. The molecule has 1 aromatic heterocycles. The number of hydrogen-bond donors (Lipinski definition) is 1. The molecule has 0 aromatic carbocycles. The van der Waals surface area contributed by atoms with Gasteiger partial charge in [-0.15, -0.1) is 0 Å². The normalized spacial score (nSPS) is 17.8. The quantitative estimate of drug-likeness (QED) is 0.857. The first-order chi connectivity index (χ1) is 8.75. The zero-order valence-corrected chi connectivity index (χ0v) is 11.8. The summed E-state index contributed by atoms with van der Waals surface area (Å²) in [4.78, 5) is 14.2. The van der Waals surface area contributed by atoms with Crippen molar-refractivity contribution in [3.8, 4) is 0 Å². The molecule has 1 saturated heterocycles. The number of nitrogens with zero attached hydrogens (tertiary/aromatic N) is 1. The Kier molecular flexibility index (Phi) is 5.20. The average Bonchev–Trinajstić information content (AvgIpc) is 3.05. The van der Waals surface area contributed by atoms with E-state index >= 15 is 0 Å². The molecule has 18 heavy (non-hydrogen) atoms. The van der Waals surface area contributed by atoms with Gasteiger partial charge in [-0.25, -0.2) is 0 Å². The molecule has 2 heterocycles. The van der Waals surface area contributed by atoms with Crippen molar-refractivity contribution in [2.45, 2.75) is 38.6 Å². The topological polar surface area (TPSA) is 32.3 Å². The lowest BCUT2D eigenvalue weighted by Crippen LogP contribution is -2.40. The minimum absolute atomic E-state index is 0.173. The first kappa shape index (κ1) is 13.6. The summed E-state index contributed by atoms with van der Waals surface area (Å²) in [5.41, 5.74) is 1.27. The van der Waals surface area contributed by atoms with Crippen molar-refractivity contribution in [2.75, 3.05) is 19.6 Å². The first-order valence-corrected chi connectivity index (χ1v) is 7.72. The summed E-state index contributed by atoms with van der Waals surface area (Å²) < 4.78 is 0. The minimum atomic E-state index is 0.173. The SMILES string of the molecule is CC(CNC(=O)CCc1ccsc1)N1CCCC1. The number of aryl methyl sites for hydroxylation is 1. The zero-order chi connectivity index (χ0) is 12.8. The van der Waals surface area contributed by atoms with Gasteiger partial charge in [-0.3, -0.25) is 9.69 Å². The lowest BCUT2D eigenvalue weighted by molar-refractivity contribution is -0.121. The molecule has 1 unspecified atom stereocenters. The predicted octanol–water partition coefficient (Wildman–Crippen LogP) is 2.28. The van der Waals surface area contributed by atoms with Crippen LogP contribution < -0.4 is 5.32 Å². The van der Waals surface area contributed by atoms with Crippen molar-refractivity contribution < 1.29 is 4.79 Å². The van der Waals surface area contributed by atoms with Gasteiger partial charge in [0.1, 0.15) is 0 Å². The largest absolute Gasteiger partial charge is 0.355 e. The van der Waals surface area contributed by atoms with Crippen LogP contribution in [0.1, 0.15) is 31.7 Å². The number of carbonyl (C=O) groups excluding carboxylic acids is 1. The van der Waals surface area contributed by atoms with Gasteiger partial charge in [0.2, 0.25) is 5.91 Å².